The number of ketones is 2. The first-order valence-electron chi connectivity index (χ1n) is 13.2. The number of amides is 1. The van der Waals surface area contributed by atoms with Crippen molar-refractivity contribution in [1.29, 1.82) is 0 Å². The third kappa shape index (κ3) is 4.40. The summed E-state index contributed by atoms with van der Waals surface area (Å²) in [6.07, 6.45) is 6.31. The minimum Gasteiger partial charge on any atom is -0.508 e. The van der Waals surface area contributed by atoms with Crippen molar-refractivity contribution in [2.75, 3.05) is 14.1 Å². The molecule has 5 rings (SSSR count). The molecule has 0 aromatic heterocycles. The zero-order valence-corrected chi connectivity index (χ0v) is 24.8. The molecule has 4 atom stereocenters. The van der Waals surface area contributed by atoms with Crippen LogP contribution in [0.1, 0.15) is 55.2 Å². The van der Waals surface area contributed by atoms with Crippen molar-refractivity contribution >= 4 is 57.6 Å². The number of carbonyl (C=O) groups excluding carboxylic acids is 3. The van der Waals surface area contributed by atoms with Gasteiger partial charge in [-0.2, -0.15) is 11.8 Å². The van der Waals surface area contributed by atoms with Crippen LogP contribution in [-0.2, 0) is 26.6 Å². The molecule has 0 heterocycles. The van der Waals surface area contributed by atoms with Gasteiger partial charge < -0.3 is 26.2 Å². The Kier molecular flexibility index (Phi) is 7.57. The van der Waals surface area contributed by atoms with Crippen molar-refractivity contribution < 1.29 is 34.8 Å². The Hall–Kier alpha value is -2.09. The highest BCUT2D eigenvalue weighted by Crippen LogP contribution is 2.53. The van der Waals surface area contributed by atoms with E-state index in [0.29, 0.717) is 28.6 Å². The van der Waals surface area contributed by atoms with Crippen LogP contribution in [0.15, 0.2) is 23.0 Å². The zero-order chi connectivity index (χ0) is 28.4. The molecule has 210 valence electrons. The van der Waals surface area contributed by atoms with Gasteiger partial charge in [-0.3, -0.25) is 19.3 Å². The summed E-state index contributed by atoms with van der Waals surface area (Å²) >= 11 is 3.96. The van der Waals surface area contributed by atoms with Gasteiger partial charge in [-0.1, -0.05) is 19.3 Å². The molecule has 4 aliphatic rings. The summed E-state index contributed by atoms with van der Waals surface area (Å²) < 4.78 is 0.848. The maximum Gasteiger partial charge on any atom is 0.255 e. The molecule has 0 spiro atoms. The number of benzene rings is 1. The number of carbonyl (C=O) groups is 3. The number of nitrogens with zero attached hydrogens (tertiary/aromatic N) is 1. The largest absolute Gasteiger partial charge is 0.508 e. The van der Waals surface area contributed by atoms with E-state index in [2.05, 4.69) is 22.6 Å². The fourth-order valence-electron chi connectivity index (χ4n) is 6.87. The SMILES string of the molecule is CN(C)[C@@H]1C(=O)C(C(N)=O)=C(O)[C@@]2(O)C(=O)C3=C(O)c4c(O)c(CSC5CCCCC5)cc(I)c4C[C@H]3C[C@@H]12. The van der Waals surface area contributed by atoms with Crippen molar-refractivity contribution in [2.24, 2.45) is 17.6 Å². The lowest BCUT2D eigenvalue weighted by molar-refractivity contribution is -0.153. The lowest BCUT2D eigenvalue weighted by Gasteiger charge is -2.50. The number of likely N-dealkylation sites (N-methyl/N-ethyl adjacent to an activating group) is 1. The Morgan fingerprint density at radius 3 is 2.46 bits per heavy atom. The number of halogens is 1. The van der Waals surface area contributed by atoms with Crippen molar-refractivity contribution in [3.63, 3.8) is 0 Å². The van der Waals surface area contributed by atoms with Gasteiger partial charge in [0.15, 0.2) is 11.4 Å². The second kappa shape index (κ2) is 10.4. The smallest absolute Gasteiger partial charge is 0.255 e. The average Bonchev–Trinajstić information content (AvgIpc) is 2.87. The monoisotopic (exact) mass is 668 g/mol. The molecule has 0 aliphatic heterocycles. The third-order valence-corrected chi connectivity index (χ3v) is 11.2. The number of aliphatic hydroxyl groups excluding tert-OH is 2. The number of nitrogens with two attached hydrogens (primary N) is 1. The van der Waals surface area contributed by atoms with Crippen LogP contribution >= 0.6 is 34.4 Å². The number of rotatable bonds is 5. The number of hydrogen-bond donors (Lipinski definition) is 5. The molecule has 0 saturated heterocycles. The van der Waals surface area contributed by atoms with Gasteiger partial charge >= 0.3 is 0 Å². The number of aliphatic hydroxyl groups is 3. The number of aromatic hydroxyl groups is 1. The van der Waals surface area contributed by atoms with Gasteiger partial charge in [-0.05, 0) is 79.9 Å². The molecule has 0 bridgehead atoms. The van der Waals surface area contributed by atoms with Crippen LogP contribution in [0, 0.1) is 15.4 Å². The molecule has 0 radical (unpaired) electrons. The van der Waals surface area contributed by atoms with Gasteiger partial charge in [0.2, 0.25) is 5.78 Å². The normalized spacial score (nSPS) is 29.4. The molecular weight excluding hydrogens is 635 g/mol. The summed E-state index contributed by atoms with van der Waals surface area (Å²) in [5, 5.41) is 46.0. The topological polar surface area (TPSA) is 161 Å². The number of hydrogen-bond acceptors (Lipinski definition) is 9. The van der Waals surface area contributed by atoms with E-state index in [4.69, 9.17) is 5.73 Å². The highest BCUT2D eigenvalue weighted by atomic mass is 127. The van der Waals surface area contributed by atoms with E-state index in [1.54, 1.807) is 25.9 Å². The summed E-state index contributed by atoms with van der Waals surface area (Å²) in [6, 6.07) is 0.832. The van der Waals surface area contributed by atoms with Crippen molar-refractivity contribution in [3.8, 4) is 5.75 Å². The molecule has 6 N–H and O–H groups in total. The minimum atomic E-state index is -2.62. The van der Waals surface area contributed by atoms with Gasteiger partial charge in [0.25, 0.3) is 5.91 Å². The number of thioether (sulfide) groups is 1. The molecule has 9 nitrogen and oxygen atoms in total. The van der Waals surface area contributed by atoms with Crippen LogP contribution in [0.3, 0.4) is 0 Å². The second-order valence-corrected chi connectivity index (χ2v) is 13.7. The first-order chi connectivity index (χ1) is 18.4. The molecule has 2 fully saturated rings. The summed E-state index contributed by atoms with van der Waals surface area (Å²) in [7, 11) is 3.17. The fraction of sp³-hybridized carbons (Fsp3) is 0.536. The number of Topliss-reactive ketones (excluding diaryl/α,β-unsaturated/α-hetero) is 2. The maximum atomic E-state index is 14.0. The van der Waals surface area contributed by atoms with Crippen molar-refractivity contribution in [3.05, 3.63) is 43.2 Å². The Labute approximate surface area is 244 Å². The predicted molar refractivity (Wildman–Crippen MR) is 155 cm³/mol. The highest BCUT2D eigenvalue weighted by molar-refractivity contribution is 14.1. The Morgan fingerprint density at radius 2 is 1.85 bits per heavy atom. The number of phenolic OH excluding ortho intramolecular Hbond substituents is 1. The van der Waals surface area contributed by atoms with E-state index >= 15 is 0 Å². The predicted octanol–water partition coefficient (Wildman–Crippen LogP) is 3.13. The summed E-state index contributed by atoms with van der Waals surface area (Å²) in [4.78, 5) is 40.8. The van der Waals surface area contributed by atoms with E-state index in [1.807, 2.05) is 6.07 Å². The minimum absolute atomic E-state index is 0.0852. The molecule has 11 heteroatoms. The first kappa shape index (κ1) is 28.4. The van der Waals surface area contributed by atoms with Gasteiger partial charge in [0, 0.05) is 31.6 Å². The van der Waals surface area contributed by atoms with Crippen LogP contribution < -0.4 is 5.73 Å². The standard InChI is InChI=1S/C28H33IN2O7S/c1-31(2)21-16-9-12-8-15-17(29)10-13(11-39-14-6-4-3-5-7-14)22(32)19(15)23(33)18(12)25(35)28(16,38)26(36)20(24(21)34)27(30)37/h10,12,14,16,21,32-33,36,38H,3-9,11H2,1-2H3,(H2,30,37)/t12-,16-,21-,28-/m0/s1. The second-order valence-electron chi connectivity index (χ2n) is 11.3. The average molecular weight is 669 g/mol. The van der Waals surface area contributed by atoms with Crippen LogP contribution in [0.4, 0.5) is 0 Å². The highest BCUT2D eigenvalue weighted by Gasteiger charge is 2.64. The van der Waals surface area contributed by atoms with E-state index in [-0.39, 0.29) is 23.3 Å². The van der Waals surface area contributed by atoms with Gasteiger partial charge in [-0.15, -0.1) is 0 Å². The van der Waals surface area contributed by atoms with Crippen molar-refractivity contribution in [1.82, 2.24) is 4.90 Å². The third-order valence-electron chi connectivity index (χ3n) is 8.77. The lowest BCUT2D eigenvalue weighted by atomic mass is 9.57. The Bertz CT molecular complexity index is 1330. The van der Waals surface area contributed by atoms with Crippen LogP contribution in [0.2, 0.25) is 0 Å². The van der Waals surface area contributed by atoms with Crippen molar-refractivity contribution in [2.45, 2.75) is 67.6 Å². The molecular formula is C28H33IN2O7S. The molecule has 39 heavy (non-hydrogen) atoms. The maximum absolute atomic E-state index is 14.0. The number of primary amides is 1. The fourth-order valence-corrected chi connectivity index (χ4v) is 9.04. The van der Waals surface area contributed by atoms with Crippen LogP contribution in [-0.4, -0.2) is 73.8 Å². The number of phenols is 1. The zero-order valence-electron chi connectivity index (χ0n) is 21.9. The van der Waals surface area contributed by atoms with Gasteiger partial charge in [0.1, 0.15) is 22.8 Å². The molecule has 2 saturated carbocycles. The van der Waals surface area contributed by atoms with Crippen LogP contribution in [0.5, 0.6) is 5.75 Å². The van der Waals surface area contributed by atoms with E-state index in [9.17, 15) is 34.8 Å². The first-order valence-corrected chi connectivity index (χ1v) is 15.3. The lowest BCUT2D eigenvalue weighted by Crippen LogP contribution is -2.65. The summed E-state index contributed by atoms with van der Waals surface area (Å²) in [5.41, 5.74) is 3.35. The van der Waals surface area contributed by atoms with E-state index < -0.39 is 58.0 Å². The summed E-state index contributed by atoms with van der Waals surface area (Å²) in [5.74, 6) is -5.68. The molecule has 1 aromatic carbocycles. The van der Waals surface area contributed by atoms with Gasteiger partial charge in [-0.25, -0.2) is 0 Å². The van der Waals surface area contributed by atoms with E-state index in [1.165, 1.54) is 24.2 Å². The molecule has 1 aromatic rings. The van der Waals surface area contributed by atoms with Crippen LogP contribution in [0.25, 0.3) is 5.76 Å². The molecule has 4 aliphatic carbocycles. The summed E-state index contributed by atoms with van der Waals surface area (Å²) in [6.45, 7) is 0. The molecule has 1 amide bonds. The van der Waals surface area contributed by atoms with E-state index in [0.717, 1.165) is 16.4 Å². The van der Waals surface area contributed by atoms with Gasteiger partial charge in [0.05, 0.1) is 11.6 Å². The quantitative estimate of drug-likeness (QED) is 0.235. The Balaban J connectivity index is 1.60. The number of fused-ring (bicyclic) bond motifs is 3. The molecule has 0 unspecified atom stereocenters. The Morgan fingerprint density at radius 1 is 1.18 bits per heavy atom.